The number of Topliss-reactive ketones (excluding diaryl/α,β-unsaturated/α-hetero) is 1. The molecule has 6 heteroatoms. The van der Waals surface area contributed by atoms with Crippen LogP contribution in [0.4, 0.5) is 0 Å². The van der Waals surface area contributed by atoms with Crippen molar-refractivity contribution in [1.29, 1.82) is 0 Å². The Morgan fingerprint density at radius 2 is 1.75 bits per heavy atom. The molecule has 1 N–H and O–H groups in total. The van der Waals surface area contributed by atoms with Crippen LogP contribution in [0.5, 0.6) is 17.2 Å². The summed E-state index contributed by atoms with van der Waals surface area (Å²) in [5, 5.41) is 3.00. The van der Waals surface area contributed by atoms with Crippen molar-refractivity contribution in [2.24, 2.45) is 0 Å². The van der Waals surface area contributed by atoms with Gasteiger partial charge in [0.2, 0.25) is 5.91 Å². The van der Waals surface area contributed by atoms with E-state index in [-0.39, 0.29) is 30.6 Å². The average molecular weight is 383 g/mol. The average Bonchev–Trinajstić information content (AvgIpc) is 2.75. The van der Waals surface area contributed by atoms with Gasteiger partial charge in [-0.2, -0.15) is 0 Å². The number of ether oxygens (including phenoxy) is 3. The zero-order valence-electron chi connectivity index (χ0n) is 16.2. The van der Waals surface area contributed by atoms with Gasteiger partial charge in [0.15, 0.2) is 17.3 Å². The Morgan fingerprint density at radius 3 is 2.43 bits per heavy atom. The third-order valence-electron chi connectivity index (χ3n) is 4.70. The molecule has 1 aliphatic rings. The molecule has 2 aromatic rings. The van der Waals surface area contributed by atoms with Crippen molar-refractivity contribution in [3.8, 4) is 17.2 Å². The van der Waals surface area contributed by atoms with Crippen LogP contribution in [0, 0.1) is 0 Å². The van der Waals surface area contributed by atoms with E-state index in [1.807, 2.05) is 31.2 Å². The van der Waals surface area contributed by atoms with Gasteiger partial charge in [0.25, 0.3) is 0 Å². The summed E-state index contributed by atoms with van der Waals surface area (Å²) in [7, 11) is 1.62. The molecule has 0 saturated heterocycles. The number of methoxy groups -OCH3 is 1. The maximum atomic E-state index is 12.4. The zero-order chi connectivity index (χ0) is 19.9. The standard InChI is InChI=1S/C22H25NO5/c1-3-18(15-4-7-17(26-2)8-5-15)23-22(25)11-9-19(24)16-6-10-20-21(14-16)28-13-12-27-20/h4-8,10,14,18H,3,9,11-13H2,1-2H3,(H,23,25)/t18-/m1/s1. The van der Waals surface area contributed by atoms with Gasteiger partial charge in [-0.3, -0.25) is 9.59 Å². The van der Waals surface area contributed by atoms with E-state index in [0.717, 1.165) is 17.7 Å². The fourth-order valence-corrected chi connectivity index (χ4v) is 3.11. The fraction of sp³-hybridized carbons (Fsp3) is 0.364. The largest absolute Gasteiger partial charge is 0.497 e. The molecule has 3 rings (SSSR count). The van der Waals surface area contributed by atoms with Crippen molar-refractivity contribution in [2.45, 2.75) is 32.2 Å². The van der Waals surface area contributed by atoms with Gasteiger partial charge in [-0.15, -0.1) is 0 Å². The second kappa shape index (κ2) is 9.26. The van der Waals surface area contributed by atoms with E-state index in [1.165, 1.54) is 0 Å². The lowest BCUT2D eigenvalue weighted by Gasteiger charge is -2.19. The second-order valence-electron chi connectivity index (χ2n) is 6.58. The van der Waals surface area contributed by atoms with E-state index in [1.54, 1.807) is 25.3 Å². The topological polar surface area (TPSA) is 73.9 Å². The quantitative estimate of drug-likeness (QED) is 0.704. The van der Waals surface area contributed by atoms with Crippen molar-refractivity contribution in [1.82, 2.24) is 5.32 Å². The molecule has 0 saturated carbocycles. The minimum Gasteiger partial charge on any atom is -0.497 e. The monoisotopic (exact) mass is 383 g/mol. The molecule has 0 bridgehead atoms. The van der Waals surface area contributed by atoms with Gasteiger partial charge in [-0.05, 0) is 42.3 Å². The normalized spacial score (nSPS) is 13.5. The number of hydrogen-bond donors (Lipinski definition) is 1. The van der Waals surface area contributed by atoms with Crippen LogP contribution < -0.4 is 19.5 Å². The maximum absolute atomic E-state index is 12.4. The summed E-state index contributed by atoms with van der Waals surface area (Å²) in [5.41, 5.74) is 1.54. The molecule has 148 valence electrons. The van der Waals surface area contributed by atoms with Crippen LogP contribution in [0.3, 0.4) is 0 Å². The molecular weight excluding hydrogens is 358 g/mol. The van der Waals surface area contributed by atoms with Gasteiger partial charge in [0.05, 0.1) is 13.2 Å². The molecule has 0 aliphatic carbocycles. The first-order valence-electron chi connectivity index (χ1n) is 9.47. The van der Waals surface area contributed by atoms with Crippen molar-refractivity contribution >= 4 is 11.7 Å². The smallest absolute Gasteiger partial charge is 0.220 e. The second-order valence-corrected chi connectivity index (χ2v) is 6.58. The predicted octanol–water partition coefficient (Wildman–Crippen LogP) is 3.70. The van der Waals surface area contributed by atoms with E-state index >= 15 is 0 Å². The molecule has 0 spiro atoms. The first kappa shape index (κ1) is 19.7. The summed E-state index contributed by atoms with van der Waals surface area (Å²) in [5.74, 6) is 1.76. The van der Waals surface area contributed by atoms with Crippen molar-refractivity contribution in [3.63, 3.8) is 0 Å². The summed E-state index contributed by atoms with van der Waals surface area (Å²) < 4.78 is 16.1. The highest BCUT2D eigenvalue weighted by molar-refractivity contribution is 5.98. The van der Waals surface area contributed by atoms with E-state index < -0.39 is 0 Å². The Labute approximate surface area is 164 Å². The van der Waals surface area contributed by atoms with Crippen LogP contribution in [0.2, 0.25) is 0 Å². The molecule has 0 radical (unpaired) electrons. The number of nitrogens with one attached hydrogen (secondary N) is 1. The van der Waals surface area contributed by atoms with Gasteiger partial charge < -0.3 is 19.5 Å². The molecule has 6 nitrogen and oxygen atoms in total. The zero-order valence-corrected chi connectivity index (χ0v) is 16.2. The fourth-order valence-electron chi connectivity index (χ4n) is 3.11. The number of ketones is 1. The first-order valence-corrected chi connectivity index (χ1v) is 9.47. The predicted molar refractivity (Wildman–Crippen MR) is 105 cm³/mol. The number of carbonyl (C=O) groups is 2. The van der Waals surface area contributed by atoms with Crippen LogP contribution in [0.25, 0.3) is 0 Å². The minimum atomic E-state index is -0.145. The van der Waals surface area contributed by atoms with Crippen LogP contribution in [-0.2, 0) is 4.79 Å². The van der Waals surface area contributed by atoms with Gasteiger partial charge >= 0.3 is 0 Å². The summed E-state index contributed by atoms with van der Waals surface area (Å²) in [6.45, 7) is 2.99. The van der Waals surface area contributed by atoms with Crippen LogP contribution >= 0.6 is 0 Å². The number of rotatable bonds is 8. The van der Waals surface area contributed by atoms with E-state index in [4.69, 9.17) is 14.2 Å². The van der Waals surface area contributed by atoms with E-state index in [9.17, 15) is 9.59 Å². The van der Waals surface area contributed by atoms with Crippen LogP contribution in [0.15, 0.2) is 42.5 Å². The number of hydrogen-bond acceptors (Lipinski definition) is 5. The molecular formula is C22H25NO5. The van der Waals surface area contributed by atoms with Gasteiger partial charge in [0.1, 0.15) is 19.0 Å². The van der Waals surface area contributed by atoms with Crippen LogP contribution in [0.1, 0.15) is 48.1 Å². The highest BCUT2D eigenvalue weighted by Gasteiger charge is 2.17. The van der Waals surface area contributed by atoms with Gasteiger partial charge in [-0.25, -0.2) is 0 Å². The third-order valence-corrected chi connectivity index (χ3v) is 4.70. The third kappa shape index (κ3) is 4.82. The van der Waals surface area contributed by atoms with E-state index in [0.29, 0.717) is 30.3 Å². The number of amides is 1. The SMILES string of the molecule is CC[C@@H](NC(=O)CCC(=O)c1ccc2c(c1)OCCO2)c1ccc(OC)cc1. The molecule has 0 aromatic heterocycles. The minimum absolute atomic E-state index is 0.0929. The molecule has 1 amide bonds. The first-order chi connectivity index (χ1) is 13.6. The lowest BCUT2D eigenvalue weighted by Crippen LogP contribution is -2.28. The lowest BCUT2D eigenvalue weighted by atomic mass is 10.0. The number of fused-ring (bicyclic) bond motifs is 1. The molecule has 2 aromatic carbocycles. The highest BCUT2D eigenvalue weighted by atomic mass is 16.6. The molecule has 1 heterocycles. The van der Waals surface area contributed by atoms with E-state index in [2.05, 4.69) is 5.32 Å². The Hall–Kier alpha value is -3.02. The summed E-state index contributed by atoms with van der Waals surface area (Å²) in [4.78, 5) is 24.8. The Kier molecular flexibility index (Phi) is 6.53. The van der Waals surface area contributed by atoms with Crippen molar-refractivity contribution < 1.29 is 23.8 Å². The molecule has 1 atom stereocenters. The maximum Gasteiger partial charge on any atom is 0.220 e. The molecule has 28 heavy (non-hydrogen) atoms. The van der Waals surface area contributed by atoms with Crippen LogP contribution in [-0.4, -0.2) is 32.0 Å². The lowest BCUT2D eigenvalue weighted by molar-refractivity contribution is -0.121. The van der Waals surface area contributed by atoms with Gasteiger partial charge in [-0.1, -0.05) is 19.1 Å². The molecule has 0 unspecified atom stereocenters. The number of carbonyl (C=O) groups excluding carboxylic acids is 2. The molecule has 0 fully saturated rings. The van der Waals surface area contributed by atoms with Gasteiger partial charge in [0, 0.05) is 18.4 Å². The Bertz CT molecular complexity index is 831. The molecule has 1 aliphatic heterocycles. The van der Waals surface area contributed by atoms with Crippen molar-refractivity contribution in [3.05, 3.63) is 53.6 Å². The Balaban J connectivity index is 1.54. The summed E-state index contributed by atoms with van der Waals surface area (Å²) >= 11 is 0. The highest BCUT2D eigenvalue weighted by Crippen LogP contribution is 2.31. The Morgan fingerprint density at radius 1 is 1.04 bits per heavy atom. The summed E-state index contributed by atoms with van der Waals surface area (Å²) in [6.07, 6.45) is 1.04. The summed E-state index contributed by atoms with van der Waals surface area (Å²) in [6, 6.07) is 12.6. The number of benzene rings is 2. The van der Waals surface area contributed by atoms with Crippen molar-refractivity contribution in [2.75, 3.05) is 20.3 Å².